The van der Waals surface area contributed by atoms with Crippen LogP contribution in [0.5, 0.6) is 0 Å². The highest BCUT2D eigenvalue weighted by molar-refractivity contribution is 7.89. The van der Waals surface area contributed by atoms with E-state index in [-0.39, 0.29) is 16.8 Å². The fourth-order valence-electron chi connectivity index (χ4n) is 2.67. The van der Waals surface area contributed by atoms with E-state index in [0.29, 0.717) is 12.8 Å². The van der Waals surface area contributed by atoms with E-state index in [1.807, 2.05) is 24.3 Å². The van der Waals surface area contributed by atoms with Gasteiger partial charge in [-0.2, -0.15) is 0 Å². The van der Waals surface area contributed by atoms with Crippen LogP contribution in [0.15, 0.2) is 53.4 Å². The van der Waals surface area contributed by atoms with Gasteiger partial charge in [-0.15, -0.1) is 0 Å². The van der Waals surface area contributed by atoms with Gasteiger partial charge in [0, 0.05) is 18.2 Å². The van der Waals surface area contributed by atoms with E-state index in [1.165, 1.54) is 5.56 Å². The van der Waals surface area contributed by atoms with E-state index in [9.17, 15) is 13.2 Å². The Labute approximate surface area is 154 Å². The van der Waals surface area contributed by atoms with Crippen LogP contribution in [0, 0.1) is 0 Å². The van der Waals surface area contributed by atoms with Crippen LogP contribution < -0.4 is 10.0 Å². The van der Waals surface area contributed by atoms with Crippen LogP contribution in [0.25, 0.3) is 0 Å². The number of rotatable bonds is 8. The summed E-state index contributed by atoms with van der Waals surface area (Å²) in [5.41, 5.74) is 2.93. The number of nitrogens with one attached hydrogen (secondary N) is 2. The number of aryl methyl sites for hydroxylation is 2. The highest BCUT2D eigenvalue weighted by Gasteiger charge is 2.27. The second kappa shape index (κ2) is 8.01. The molecule has 2 aromatic carbocycles. The summed E-state index contributed by atoms with van der Waals surface area (Å²) in [4.78, 5) is 12.4. The Kier molecular flexibility index (Phi) is 5.74. The largest absolute Gasteiger partial charge is 0.326 e. The molecule has 5 nitrogen and oxygen atoms in total. The molecule has 1 saturated carbocycles. The predicted octanol–water partition coefficient (Wildman–Crippen LogP) is 3.26. The fraction of sp³-hybridized carbons (Fsp3) is 0.350. The molecule has 2 aromatic rings. The first-order chi connectivity index (χ1) is 12.5. The van der Waals surface area contributed by atoms with Crippen LogP contribution in [-0.4, -0.2) is 20.4 Å². The molecule has 0 saturated heterocycles. The average Bonchev–Trinajstić information content (AvgIpc) is 3.44. The molecule has 0 spiro atoms. The van der Waals surface area contributed by atoms with Crippen molar-refractivity contribution in [1.29, 1.82) is 0 Å². The molecule has 0 radical (unpaired) electrons. The van der Waals surface area contributed by atoms with Crippen molar-refractivity contribution >= 4 is 21.6 Å². The Balaban J connectivity index is 1.53. The molecule has 0 heterocycles. The quantitative estimate of drug-likeness (QED) is 0.747. The van der Waals surface area contributed by atoms with E-state index in [4.69, 9.17) is 0 Å². The van der Waals surface area contributed by atoms with Gasteiger partial charge in [-0.25, -0.2) is 13.1 Å². The molecule has 2 N–H and O–H groups in total. The third-order valence-electron chi connectivity index (χ3n) is 4.39. The maximum atomic E-state index is 12.1. The summed E-state index contributed by atoms with van der Waals surface area (Å²) in [6.45, 7) is 2.07. The number of hydrogen-bond acceptors (Lipinski definition) is 3. The molecule has 0 unspecified atom stereocenters. The molecule has 0 bridgehead atoms. The van der Waals surface area contributed by atoms with Crippen LogP contribution in [-0.2, 0) is 27.7 Å². The number of carbonyl (C=O) groups excluding carboxylic acids is 1. The Morgan fingerprint density at radius 1 is 1.08 bits per heavy atom. The van der Waals surface area contributed by atoms with E-state index >= 15 is 0 Å². The van der Waals surface area contributed by atoms with Crippen LogP contribution in [0.2, 0.25) is 0 Å². The minimum absolute atomic E-state index is 0.0506. The monoisotopic (exact) mass is 372 g/mol. The van der Waals surface area contributed by atoms with Crippen molar-refractivity contribution in [2.45, 2.75) is 50.0 Å². The number of hydrogen-bond donors (Lipinski definition) is 2. The highest BCUT2D eigenvalue weighted by atomic mass is 32.2. The molecule has 1 aliphatic carbocycles. The summed E-state index contributed by atoms with van der Waals surface area (Å²) in [5.74, 6) is -0.0506. The molecule has 1 aliphatic rings. The smallest absolute Gasteiger partial charge is 0.240 e. The predicted molar refractivity (Wildman–Crippen MR) is 103 cm³/mol. The van der Waals surface area contributed by atoms with Crippen LogP contribution >= 0.6 is 0 Å². The first-order valence-electron chi connectivity index (χ1n) is 8.96. The van der Waals surface area contributed by atoms with Gasteiger partial charge in [0.05, 0.1) is 4.90 Å². The van der Waals surface area contributed by atoms with Gasteiger partial charge >= 0.3 is 0 Å². The van der Waals surface area contributed by atoms with Gasteiger partial charge in [0.25, 0.3) is 0 Å². The Morgan fingerprint density at radius 2 is 1.81 bits per heavy atom. The van der Waals surface area contributed by atoms with E-state index < -0.39 is 10.0 Å². The molecule has 1 fully saturated rings. The van der Waals surface area contributed by atoms with Crippen LogP contribution in [0.3, 0.4) is 0 Å². The van der Waals surface area contributed by atoms with Gasteiger partial charge in [0.1, 0.15) is 0 Å². The van der Waals surface area contributed by atoms with Crippen molar-refractivity contribution in [2.24, 2.45) is 0 Å². The molecule has 1 amide bonds. The van der Waals surface area contributed by atoms with E-state index in [0.717, 1.165) is 30.5 Å². The molecule has 0 aromatic heterocycles. The summed E-state index contributed by atoms with van der Waals surface area (Å²) in [6, 6.07) is 14.7. The minimum Gasteiger partial charge on any atom is -0.326 e. The second-order valence-corrected chi connectivity index (χ2v) is 8.36. The number of anilines is 1. The third kappa shape index (κ3) is 5.16. The lowest BCUT2D eigenvalue weighted by molar-refractivity contribution is -0.116. The zero-order valence-corrected chi connectivity index (χ0v) is 15.7. The summed E-state index contributed by atoms with van der Waals surface area (Å²) < 4.78 is 26.9. The van der Waals surface area contributed by atoms with Gasteiger partial charge in [-0.1, -0.05) is 31.2 Å². The van der Waals surface area contributed by atoms with Gasteiger partial charge < -0.3 is 5.32 Å². The zero-order chi connectivity index (χ0) is 18.6. The normalized spacial score (nSPS) is 14.2. The molecule has 26 heavy (non-hydrogen) atoms. The van der Waals surface area contributed by atoms with Crippen molar-refractivity contribution in [1.82, 2.24) is 4.72 Å². The standard InChI is InChI=1S/C20H24N2O3S/c1-2-15-4-3-5-18(14-15)21-20(23)13-8-16-6-11-19(12-7-16)26(24,25)22-17-9-10-17/h3-7,11-12,14,17,22H,2,8-10,13H2,1H3,(H,21,23). The van der Waals surface area contributed by atoms with Crippen molar-refractivity contribution in [3.05, 3.63) is 59.7 Å². The molecular weight excluding hydrogens is 348 g/mol. The lowest BCUT2D eigenvalue weighted by Crippen LogP contribution is -2.25. The lowest BCUT2D eigenvalue weighted by atomic mass is 10.1. The maximum Gasteiger partial charge on any atom is 0.240 e. The van der Waals surface area contributed by atoms with Gasteiger partial charge in [-0.05, 0) is 61.1 Å². The molecule has 138 valence electrons. The fourth-order valence-corrected chi connectivity index (χ4v) is 3.98. The van der Waals surface area contributed by atoms with Gasteiger partial charge in [0.15, 0.2) is 0 Å². The minimum atomic E-state index is -3.42. The van der Waals surface area contributed by atoms with Gasteiger partial charge in [-0.3, -0.25) is 4.79 Å². The average molecular weight is 372 g/mol. The second-order valence-electron chi connectivity index (χ2n) is 6.64. The Morgan fingerprint density at radius 3 is 2.46 bits per heavy atom. The van der Waals surface area contributed by atoms with Crippen molar-refractivity contribution in [2.75, 3.05) is 5.32 Å². The first-order valence-corrected chi connectivity index (χ1v) is 10.4. The van der Waals surface area contributed by atoms with Crippen molar-refractivity contribution in [3.63, 3.8) is 0 Å². The van der Waals surface area contributed by atoms with Crippen LogP contribution in [0.1, 0.15) is 37.3 Å². The summed E-state index contributed by atoms with van der Waals surface area (Å²) >= 11 is 0. The number of amides is 1. The Bertz CT molecular complexity index is 872. The van der Waals surface area contributed by atoms with Crippen molar-refractivity contribution in [3.8, 4) is 0 Å². The Hall–Kier alpha value is -2.18. The highest BCUT2D eigenvalue weighted by Crippen LogP contribution is 2.22. The van der Waals surface area contributed by atoms with Crippen molar-refractivity contribution < 1.29 is 13.2 Å². The van der Waals surface area contributed by atoms with Gasteiger partial charge in [0.2, 0.25) is 15.9 Å². The third-order valence-corrected chi connectivity index (χ3v) is 5.93. The van der Waals surface area contributed by atoms with E-state index in [1.54, 1.807) is 24.3 Å². The number of sulfonamides is 1. The lowest BCUT2D eigenvalue weighted by Gasteiger charge is -2.08. The summed E-state index contributed by atoms with van der Waals surface area (Å²) in [7, 11) is -3.42. The summed E-state index contributed by atoms with van der Waals surface area (Å²) in [6.07, 6.45) is 3.66. The molecule has 6 heteroatoms. The number of benzene rings is 2. The zero-order valence-electron chi connectivity index (χ0n) is 14.9. The first kappa shape index (κ1) is 18.6. The number of carbonyl (C=O) groups is 1. The van der Waals surface area contributed by atoms with Crippen LogP contribution in [0.4, 0.5) is 5.69 Å². The molecule has 3 rings (SSSR count). The molecule has 0 aliphatic heterocycles. The maximum absolute atomic E-state index is 12.1. The topological polar surface area (TPSA) is 75.3 Å². The summed E-state index contributed by atoms with van der Waals surface area (Å²) in [5, 5.41) is 2.91. The van der Waals surface area contributed by atoms with E-state index in [2.05, 4.69) is 17.0 Å². The SMILES string of the molecule is CCc1cccc(NC(=O)CCc2ccc(S(=O)(=O)NC3CC3)cc2)c1. The molecule has 0 atom stereocenters. The molecular formula is C20H24N2O3S.